The highest BCUT2D eigenvalue weighted by Crippen LogP contribution is 2.64. The molecular weight excluding hydrogens is 320 g/mol. The lowest BCUT2D eigenvalue weighted by molar-refractivity contribution is 0.369. The van der Waals surface area contributed by atoms with Crippen molar-refractivity contribution in [3.8, 4) is 11.5 Å². The molecule has 0 radical (unpaired) electrons. The van der Waals surface area contributed by atoms with Gasteiger partial charge in [0.05, 0.1) is 0 Å². The van der Waals surface area contributed by atoms with E-state index in [1.54, 1.807) is 0 Å². The molecule has 0 spiro atoms. The molecule has 2 aromatic carbocycles. The third-order valence-corrected chi connectivity index (χ3v) is 7.66. The van der Waals surface area contributed by atoms with Crippen LogP contribution in [0.3, 0.4) is 0 Å². The molecule has 4 fully saturated rings. The van der Waals surface area contributed by atoms with E-state index >= 15 is 0 Å². The zero-order valence-corrected chi connectivity index (χ0v) is 15.1. The highest BCUT2D eigenvalue weighted by molar-refractivity contribution is 5.54. The predicted molar refractivity (Wildman–Crippen MR) is 104 cm³/mol. The molecule has 1 heterocycles. The van der Waals surface area contributed by atoms with Crippen LogP contribution in [0.4, 0.5) is 11.4 Å². The van der Waals surface area contributed by atoms with E-state index in [-0.39, 0.29) is 0 Å². The van der Waals surface area contributed by atoms with E-state index < -0.39 is 0 Å². The summed E-state index contributed by atoms with van der Waals surface area (Å²) in [4.78, 5) is 2.81. The summed E-state index contributed by atoms with van der Waals surface area (Å²) in [6.45, 7) is 0. The van der Waals surface area contributed by atoms with Crippen molar-refractivity contribution in [1.82, 2.24) is 0 Å². The first-order valence-electron chi connectivity index (χ1n) is 10.2. The molecule has 6 atom stereocenters. The molecule has 4 aliphatic rings. The average molecular weight is 346 g/mol. The maximum absolute atomic E-state index is 5.97. The number of benzene rings is 2. The Morgan fingerprint density at radius 2 is 1.27 bits per heavy atom. The van der Waals surface area contributed by atoms with E-state index in [1.165, 1.54) is 37.8 Å². The number of nitrogens with two attached hydrogens (primary N) is 1. The summed E-state index contributed by atoms with van der Waals surface area (Å²) in [7, 11) is 0. The SMILES string of the molecule is Nc1ccc(Oc2ccc(N3C4CC[C@@H]5C[C@@H]6CCC3[C@@H]6[C@H]45)cc2)cc1. The van der Waals surface area contributed by atoms with Crippen molar-refractivity contribution >= 4 is 11.4 Å². The van der Waals surface area contributed by atoms with Crippen LogP contribution in [0, 0.1) is 23.7 Å². The molecule has 3 nitrogen and oxygen atoms in total. The maximum Gasteiger partial charge on any atom is 0.127 e. The Bertz CT molecular complexity index is 791. The van der Waals surface area contributed by atoms with E-state index in [2.05, 4.69) is 29.2 Å². The lowest BCUT2D eigenvalue weighted by Gasteiger charge is -2.31. The second-order valence-electron chi connectivity index (χ2n) is 8.77. The molecule has 3 heteroatoms. The van der Waals surface area contributed by atoms with Gasteiger partial charge in [0.1, 0.15) is 11.5 Å². The quantitative estimate of drug-likeness (QED) is 0.788. The van der Waals surface area contributed by atoms with E-state index in [0.29, 0.717) is 0 Å². The summed E-state index contributed by atoms with van der Waals surface area (Å²) < 4.78 is 5.97. The van der Waals surface area contributed by atoms with Gasteiger partial charge >= 0.3 is 0 Å². The standard InChI is InChI=1S/C23H26N2O/c24-16-3-7-18(8-4-16)26-19-9-5-17(6-10-19)25-20-11-1-14-13-15-2-12-21(25)23(15)22(14)20/h3-10,14-15,20-23H,1-2,11-13,24H2/t14-,15+,20?,21?,22+,23-. The number of nitrogen functional groups attached to an aromatic ring is 1. The van der Waals surface area contributed by atoms with Crippen LogP contribution in [-0.4, -0.2) is 12.1 Å². The summed E-state index contributed by atoms with van der Waals surface area (Å²) >= 11 is 0. The van der Waals surface area contributed by atoms with Crippen LogP contribution < -0.4 is 15.4 Å². The van der Waals surface area contributed by atoms with Gasteiger partial charge in [-0.25, -0.2) is 0 Å². The van der Waals surface area contributed by atoms with Crippen LogP contribution in [0.1, 0.15) is 32.1 Å². The van der Waals surface area contributed by atoms with Crippen LogP contribution in [0.25, 0.3) is 0 Å². The van der Waals surface area contributed by atoms with Crippen molar-refractivity contribution in [3.05, 3.63) is 48.5 Å². The van der Waals surface area contributed by atoms with E-state index in [4.69, 9.17) is 10.5 Å². The third kappa shape index (κ3) is 2.06. The second kappa shape index (κ2) is 5.42. The molecule has 3 aliphatic carbocycles. The molecule has 2 unspecified atom stereocenters. The van der Waals surface area contributed by atoms with Gasteiger partial charge in [0.2, 0.25) is 0 Å². The van der Waals surface area contributed by atoms with Crippen LogP contribution in [0.5, 0.6) is 11.5 Å². The molecule has 2 N–H and O–H groups in total. The number of hydrogen-bond donors (Lipinski definition) is 1. The highest BCUT2D eigenvalue weighted by Gasteiger charge is 2.62. The maximum atomic E-state index is 5.97. The van der Waals surface area contributed by atoms with Crippen LogP contribution in [0.15, 0.2) is 48.5 Å². The largest absolute Gasteiger partial charge is 0.457 e. The van der Waals surface area contributed by atoms with Gasteiger partial charge in [-0.1, -0.05) is 0 Å². The normalized spacial score (nSPS) is 36.5. The first-order chi connectivity index (χ1) is 12.8. The fraction of sp³-hybridized carbons (Fsp3) is 0.478. The minimum Gasteiger partial charge on any atom is -0.457 e. The third-order valence-electron chi connectivity index (χ3n) is 7.66. The second-order valence-corrected chi connectivity index (χ2v) is 8.77. The molecule has 1 aliphatic heterocycles. The fourth-order valence-electron chi connectivity index (χ4n) is 6.88. The fourth-order valence-corrected chi connectivity index (χ4v) is 6.88. The Balaban J connectivity index is 1.26. The van der Waals surface area contributed by atoms with E-state index in [1.807, 2.05) is 24.3 Å². The minimum absolute atomic E-state index is 0.761. The Hall–Kier alpha value is -2.16. The predicted octanol–water partition coefficient (Wildman–Crippen LogP) is 5.07. The summed E-state index contributed by atoms with van der Waals surface area (Å²) in [5.74, 6) is 5.75. The first-order valence-corrected chi connectivity index (χ1v) is 10.2. The molecule has 134 valence electrons. The Kier molecular flexibility index (Phi) is 3.12. The Morgan fingerprint density at radius 3 is 1.85 bits per heavy atom. The van der Waals surface area contributed by atoms with Crippen molar-refractivity contribution < 1.29 is 4.74 Å². The van der Waals surface area contributed by atoms with Gasteiger partial charge in [0, 0.05) is 23.5 Å². The molecule has 0 bridgehead atoms. The molecule has 6 rings (SSSR count). The summed E-state index contributed by atoms with van der Waals surface area (Å²) in [5, 5.41) is 0. The summed E-state index contributed by atoms with van der Waals surface area (Å²) in [6, 6.07) is 18.0. The van der Waals surface area contributed by atoms with Crippen molar-refractivity contribution in [2.24, 2.45) is 23.7 Å². The average Bonchev–Trinajstić information content (AvgIpc) is 3.38. The van der Waals surface area contributed by atoms with Gasteiger partial charge in [0.25, 0.3) is 0 Å². The van der Waals surface area contributed by atoms with Gasteiger partial charge in [-0.3, -0.25) is 0 Å². The zero-order valence-electron chi connectivity index (χ0n) is 15.1. The highest BCUT2D eigenvalue weighted by atomic mass is 16.5. The van der Waals surface area contributed by atoms with Crippen LogP contribution in [0.2, 0.25) is 0 Å². The summed E-state index contributed by atoms with van der Waals surface area (Å²) in [5.41, 5.74) is 7.91. The van der Waals surface area contributed by atoms with Gasteiger partial charge in [-0.15, -0.1) is 0 Å². The Morgan fingerprint density at radius 1 is 0.731 bits per heavy atom. The van der Waals surface area contributed by atoms with Gasteiger partial charge in [0.15, 0.2) is 0 Å². The van der Waals surface area contributed by atoms with Gasteiger partial charge in [-0.2, -0.15) is 0 Å². The van der Waals surface area contributed by atoms with Gasteiger partial charge < -0.3 is 15.4 Å². The molecule has 2 aromatic rings. The monoisotopic (exact) mass is 346 g/mol. The molecule has 3 saturated carbocycles. The van der Waals surface area contributed by atoms with Crippen molar-refractivity contribution in [2.45, 2.75) is 44.2 Å². The molecule has 0 amide bonds. The summed E-state index contributed by atoms with van der Waals surface area (Å²) in [6.07, 6.45) is 7.26. The number of rotatable bonds is 3. The number of nitrogens with zero attached hydrogens (tertiary/aromatic N) is 1. The van der Waals surface area contributed by atoms with Crippen LogP contribution in [-0.2, 0) is 0 Å². The topological polar surface area (TPSA) is 38.5 Å². The molecule has 0 aromatic heterocycles. The molecular formula is C23H26N2O. The molecule has 26 heavy (non-hydrogen) atoms. The lowest BCUT2D eigenvalue weighted by atomic mass is 9.90. The van der Waals surface area contributed by atoms with Crippen LogP contribution >= 0.6 is 0 Å². The number of hydrogen-bond acceptors (Lipinski definition) is 3. The van der Waals surface area contributed by atoms with Crippen molar-refractivity contribution in [3.63, 3.8) is 0 Å². The first kappa shape index (κ1) is 15.0. The molecule has 1 saturated heterocycles. The minimum atomic E-state index is 0.761. The number of anilines is 2. The van der Waals surface area contributed by atoms with Crippen molar-refractivity contribution in [2.75, 3.05) is 10.6 Å². The Labute approximate surface area is 155 Å². The van der Waals surface area contributed by atoms with Crippen molar-refractivity contribution in [1.29, 1.82) is 0 Å². The smallest absolute Gasteiger partial charge is 0.127 e. The zero-order chi connectivity index (χ0) is 17.3. The number of ether oxygens (including phenoxy) is 1. The lowest BCUT2D eigenvalue weighted by Crippen LogP contribution is -2.36. The van der Waals surface area contributed by atoms with E-state index in [0.717, 1.165) is 52.9 Å². The van der Waals surface area contributed by atoms with E-state index in [9.17, 15) is 0 Å². The van der Waals surface area contributed by atoms with Gasteiger partial charge in [-0.05, 0) is 104 Å².